The van der Waals surface area contributed by atoms with Crippen LogP contribution in [0.1, 0.15) is 40.5 Å². The van der Waals surface area contributed by atoms with E-state index in [0.29, 0.717) is 13.0 Å². The minimum atomic E-state index is -0.265. The molecule has 2 unspecified atom stereocenters. The maximum atomic E-state index is 10.8. The molecular weight excluding hydrogens is 206 g/mol. The van der Waals surface area contributed by atoms with Crippen LogP contribution in [0.4, 0.5) is 0 Å². The zero-order chi connectivity index (χ0) is 12.3. The Morgan fingerprint density at radius 2 is 2.12 bits per heavy atom. The summed E-state index contributed by atoms with van der Waals surface area (Å²) < 4.78 is 5.06. The van der Waals surface area contributed by atoms with Gasteiger partial charge in [0.2, 0.25) is 0 Å². The van der Waals surface area contributed by atoms with E-state index in [1.165, 1.54) is 6.92 Å². The Kier molecular flexibility index (Phi) is 4.33. The highest BCUT2D eigenvalue weighted by molar-refractivity contribution is 5.65. The number of aliphatic hydroxyl groups is 1. The molecule has 4 heteroatoms. The van der Waals surface area contributed by atoms with E-state index in [4.69, 9.17) is 4.74 Å². The minimum Gasteiger partial charge on any atom is -0.464 e. The number of hydrogen-bond acceptors (Lipinski definition) is 4. The van der Waals surface area contributed by atoms with Crippen molar-refractivity contribution >= 4 is 5.97 Å². The number of ether oxygens (including phenoxy) is 1. The molecule has 1 aliphatic heterocycles. The van der Waals surface area contributed by atoms with Gasteiger partial charge >= 0.3 is 5.97 Å². The molecule has 1 aliphatic rings. The number of aliphatic hydroxyl groups excluding tert-OH is 1. The van der Waals surface area contributed by atoms with Gasteiger partial charge in [-0.1, -0.05) is 0 Å². The monoisotopic (exact) mass is 229 g/mol. The fraction of sp³-hybridized carbons (Fsp3) is 0.917. The number of nitrogens with zero attached hydrogens (tertiary/aromatic N) is 1. The molecule has 0 aliphatic carbocycles. The molecule has 0 bridgehead atoms. The summed E-state index contributed by atoms with van der Waals surface area (Å²) in [5.41, 5.74) is 0.0466. The van der Waals surface area contributed by atoms with Gasteiger partial charge in [0.05, 0.1) is 6.10 Å². The van der Waals surface area contributed by atoms with Crippen LogP contribution in [0.2, 0.25) is 0 Å². The number of carbonyl (C=O) groups is 1. The first-order chi connectivity index (χ1) is 7.30. The van der Waals surface area contributed by atoms with Crippen molar-refractivity contribution in [3.05, 3.63) is 0 Å². The Balaban J connectivity index is 2.62. The van der Waals surface area contributed by atoms with Gasteiger partial charge in [-0.15, -0.1) is 0 Å². The Bertz CT molecular complexity index is 247. The molecule has 0 saturated carbocycles. The number of piperidine rings is 1. The number of esters is 1. The third-order valence-electron chi connectivity index (χ3n) is 3.03. The van der Waals surface area contributed by atoms with E-state index >= 15 is 0 Å². The van der Waals surface area contributed by atoms with Crippen molar-refractivity contribution in [1.29, 1.82) is 0 Å². The lowest BCUT2D eigenvalue weighted by atomic mass is 9.93. The van der Waals surface area contributed by atoms with Crippen LogP contribution in [0, 0.1) is 0 Å². The lowest BCUT2D eigenvalue weighted by molar-refractivity contribution is -0.145. The third kappa shape index (κ3) is 3.76. The molecular formula is C12H23NO3. The number of likely N-dealkylation sites (tertiary alicyclic amines) is 1. The van der Waals surface area contributed by atoms with Gasteiger partial charge in [0.15, 0.2) is 0 Å². The normalized spacial score (nSPS) is 27.8. The predicted octanol–water partition coefficient (Wildman–Crippen LogP) is 1.17. The Morgan fingerprint density at radius 3 is 2.62 bits per heavy atom. The summed E-state index contributed by atoms with van der Waals surface area (Å²) in [6.07, 6.45) is 1.22. The Hall–Kier alpha value is -0.610. The number of carbonyl (C=O) groups excluding carboxylic acids is 1. The summed E-state index contributed by atoms with van der Waals surface area (Å²) >= 11 is 0. The summed E-state index contributed by atoms with van der Waals surface area (Å²) in [5, 5.41) is 9.66. The van der Waals surface area contributed by atoms with Gasteiger partial charge in [0.1, 0.15) is 6.61 Å². The third-order valence-corrected chi connectivity index (χ3v) is 3.03. The lowest BCUT2D eigenvalue weighted by Crippen LogP contribution is -2.55. The van der Waals surface area contributed by atoms with Crippen LogP contribution in [0.5, 0.6) is 0 Å². The van der Waals surface area contributed by atoms with Crippen molar-refractivity contribution in [3.63, 3.8) is 0 Å². The number of rotatable bonds is 2. The standard InChI is InChI=1S/C12H23NO3/c1-9(14)16-8-10-7-11(15)5-6-13(10)12(2,3)4/h10-11,15H,5-8H2,1-4H3. The molecule has 0 aromatic rings. The van der Waals surface area contributed by atoms with Crippen molar-refractivity contribution in [3.8, 4) is 0 Å². The van der Waals surface area contributed by atoms with E-state index in [9.17, 15) is 9.90 Å². The van der Waals surface area contributed by atoms with Crippen LogP contribution in [0.3, 0.4) is 0 Å². The average Bonchev–Trinajstić information content (AvgIpc) is 2.12. The van der Waals surface area contributed by atoms with Gasteiger partial charge in [-0.05, 0) is 33.6 Å². The predicted molar refractivity (Wildman–Crippen MR) is 62.1 cm³/mol. The summed E-state index contributed by atoms with van der Waals surface area (Å²) in [6.45, 7) is 9.09. The van der Waals surface area contributed by atoms with Gasteiger partial charge in [0.25, 0.3) is 0 Å². The second-order valence-corrected chi connectivity index (χ2v) is 5.50. The second kappa shape index (κ2) is 5.15. The van der Waals surface area contributed by atoms with Crippen LogP contribution < -0.4 is 0 Å². The van der Waals surface area contributed by atoms with Gasteiger partial charge in [-0.2, -0.15) is 0 Å². The molecule has 0 spiro atoms. The SMILES string of the molecule is CC(=O)OCC1CC(O)CCN1C(C)(C)C. The van der Waals surface area contributed by atoms with Gasteiger partial charge in [0, 0.05) is 25.0 Å². The highest BCUT2D eigenvalue weighted by atomic mass is 16.5. The highest BCUT2D eigenvalue weighted by Crippen LogP contribution is 2.25. The fourth-order valence-corrected chi connectivity index (χ4v) is 2.28. The highest BCUT2D eigenvalue weighted by Gasteiger charge is 2.34. The van der Waals surface area contributed by atoms with Crippen LogP contribution in [-0.2, 0) is 9.53 Å². The molecule has 16 heavy (non-hydrogen) atoms. The van der Waals surface area contributed by atoms with Crippen molar-refractivity contribution in [1.82, 2.24) is 4.90 Å². The molecule has 1 saturated heterocycles. The van der Waals surface area contributed by atoms with E-state index in [1.54, 1.807) is 0 Å². The van der Waals surface area contributed by atoms with E-state index in [2.05, 4.69) is 25.7 Å². The molecule has 1 heterocycles. The molecule has 0 aromatic carbocycles. The largest absolute Gasteiger partial charge is 0.464 e. The van der Waals surface area contributed by atoms with Crippen molar-refractivity contribution in [2.75, 3.05) is 13.2 Å². The Morgan fingerprint density at radius 1 is 1.50 bits per heavy atom. The number of hydrogen-bond donors (Lipinski definition) is 1. The summed E-state index contributed by atoms with van der Waals surface area (Å²) in [4.78, 5) is 13.1. The average molecular weight is 229 g/mol. The van der Waals surface area contributed by atoms with Crippen molar-refractivity contribution < 1.29 is 14.6 Å². The van der Waals surface area contributed by atoms with Crippen LogP contribution in [-0.4, -0.2) is 46.8 Å². The zero-order valence-electron chi connectivity index (χ0n) is 10.7. The second-order valence-electron chi connectivity index (χ2n) is 5.50. The minimum absolute atomic E-state index is 0.0466. The zero-order valence-corrected chi connectivity index (χ0v) is 10.7. The fourth-order valence-electron chi connectivity index (χ4n) is 2.28. The molecule has 1 N–H and O–H groups in total. The molecule has 1 rings (SSSR count). The van der Waals surface area contributed by atoms with Crippen molar-refractivity contribution in [2.45, 2.75) is 58.2 Å². The molecule has 2 atom stereocenters. The quantitative estimate of drug-likeness (QED) is 0.722. The molecule has 0 aromatic heterocycles. The maximum absolute atomic E-state index is 10.8. The lowest BCUT2D eigenvalue weighted by Gasteiger charge is -2.45. The summed E-state index contributed by atoms with van der Waals surface area (Å²) in [5.74, 6) is -0.256. The van der Waals surface area contributed by atoms with E-state index in [0.717, 1.165) is 13.0 Å². The summed E-state index contributed by atoms with van der Waals surface area (Å²) in [6, 6.07) is 0.132. The Labute approximate surface area is 97.6 Å². The maximum Gasteiger partial charge on any atom is 0.302 e. The molecule has 0 amide bonds. The first-order valence-corrected chi connectivity index (χ1v) is 5.89. The molecule has 94 valence electrons. The van der Waals surface area contributed by atoms with E-state index in [1.807, 2.05) is 0 Å². The molecule has 1 fully saturated rings. The van der Waals surface area contributed by atoms with E-state index in [-0.39, 0.29) is 23.7 Å². The summed E-state index contributed by atoms with van der Waals surface area (Å²) in [7, 11) is 0. The first kappa shape index (κ1) is 13.5. The first-order valence-electron chi connectivity index (χ1n) is 5.89. The van der Waals surface area contributed by atoms with Crippen LogP contribution in [0.15, 0.2) is 0 Å². The topological polar surface area (TPSA) is 49.8 Å². The smallest absolute Gasteiger partial charge is 0.302 e. The van der Waals surface area contributed by atoms with Gasteiger partial charge in [-0.25, -0.2) is 0 Å². The van der Waals surface area contributed by atoms with Crippen molar-refractivity contribution in [2.24, 2.45) is 0 Å². The van der Waals surface area contributed by atoms with Gasteiger partial charge < -0.3 is 9.84 Å². The van der Waals surface area contributed by atoms with E-state index < -0.39 is 0 Å². The van der Waals surface area contributed by atoms with Crippen LogP contribution in [0.25, 0.3) is 0 Å². The molecule has 0 radical (unpaired) electrons. The van der Waals surface area contributed by atoms with Gasteiger partial charge in [-0.3, -0.25) is 9.69 Å². The molecule has 4 nitrogen and oxygen atoms in total. The van der Waals surface area contributed by atoms with Crippen LogP contribution >= 0.6 is 0 Å².